The van der Waals surface area contributed by atoms with Gasteiger partial charge in [-0.3, -0.25) is 0 Å². The molecular weight excluding hydrogens is 222 g/mol. The Morgan fingerprint density at radius 3 is 2.94 bits per heavy atom. The molecule has 0 atom stereocenters. The molecule has 0 saturated heterocycles. The topological polar surface area (TPSA) is 54.0 Å². The molecule has 0 aliphatic heterocycles. The zero-order chi connectivity index (χ0) is 11.1. The molecule has 3 aromatic rings. The second kappa shape index (κ2) is 3.19. The van der Waals surface area contributed by atoms with Crippen LogP contribution in [0.2, 0.25) is 0 Å². The number of hydrogen-bond donors (Lipinski definition) is 0. The maximum absolute atomic E-state index is 11.4. The van der Waals surface area contributed by atoms with Gasteiger partial charge in [-0.05, 0) is 29.6 Å². The first kappa shape index (κ1) is 9.13. The third kappa shape index (κ3) is 1.16. The summed E-state index contributed by atoms with van der Waals surface area (Å²) in [6.45, 7) is 0. The fourth-order valence-corrected chi connectivity index (χ4v) is 2.52. The molecule has 0 N–H and O–H groups in total. The van der Waals surface area contributed by atoms with Gasteiger partial charge in [0.15, 0.2) is 0 Å². The Labute approximate surface area is 94.2 Å². The van der Waals surface area contributed by atoms with Crippen LogP contribution in [-0.2, 0) is 0 Å². The quantitative estimate of drug-likeness (QED) is 0.555. The SMILES string of the molecule is N#Cc1cc2c(ccc3sccc32)oc1=O. The van der Waals surface area contributed by atoms with Crippen LogP contribution >= 0.6 is 11.3 Å². The van der Waals surface area contributed by atoms with Gasteiger partial charge in [0.05, 0.1) is 0 Å². The minimum atomic E-state index is -0.579. The summed E-state index contributed by atoms with van der Waals surface area (Å²) in [5, 5.41) is 12.6. The molecule has 0 amide bonds. The van der Waals surface area contributed by atoms with Gasteiger partial charge in [0, 0.05) is 15.5 Å². The van der Waals surface area contributed by atoms with E-state index in [2.05, 4.69) is 0 Å². The summed E-state index contributed by atoms with van der Waals surface area (Å²) >= 11 is 1.62. The molecule has 0 radical (unpaired) electrons. The van der Waals surface area contributed by atoms with Crippen LogP contribution in [0.15, 0.2) is 38.9 Å². The highest BCUT2D eigenvalue weighted by atomic mass is 32.1. The standard InChI is InChI=1S/C12H5NO2S/c13-6-7-5-9-8-3-4-16-11(8)2-1-10(9)15-12(7)14/h1-5H. The molecule has 3 rings (SSSR count). The summed E-state index contributed by atoms with van der Waals surface area (Å²) in [6.07, 6.45) is 0. The number of thiophene rings is 1. The number of rotatable bonds is 0. The van der Waals surface area contributed by atoms with E-state index in [4.69, 9.17) is 9.68 Å². The van der Waals surface area contributed by atoms with E-state index in [9.17, 15) is 4.79 Å². The molecular formula is C12H5NO2S. The number of fused-ring (bicyclic) bond motifs is 3. The summed E-state index contributed by atoms with van der Waals surface area (Å²) in [4.78, 5) is 11.4. The van der Waals surface area contributed by atoms with Gasteiger partial charge in [0.1, 0.15) is 17.2 Å². The molecule has 0 fully saturated rings. The average Bonchev–Trinajstić information content (AvgIpc) is 2.76. The second-order valence-electron chi connectivity index (χ2n) is 3.37. The summed E-state index contributed by atoms with van der Waals surface area (Å²) in [5.74, 6) is 0. The Balaban J connectivity index is 2.60. The maximum Gasteiger partial charge on any atom is 0.354 e. The van der Waals surface area contributed by atoms with Gasteiger partial charge >= 0.3 is 5.63 Å². The lowest BCUT2D eigenvalue weighted by molar-refractivity contribution is 0.559. The molecule has 76 valence electrons. The molecule has 0 aliphatic rings. The number of nitriles is 1. The number of hydrogen-bond acceptors (Lipinski definition) is 4. The lowest BCUT2D eigenvalue weighted by Gasteiger charge is -1.98. The molecule has 0 saturated carbocycles. The van der Waals surface area contributed by atoms with Gasteiger partial charge in [-0.15, -0.1) is 11.3 Å². The Hall–Kier alpha value is -2.12. The first-order chi connectivity index (χ1) is 7.79. The molecule has 3 nitrogen and oxygen atoms in total. The van der Waals surface area contributed by atoms with E-state index in [0.717, 1.165) is 15.5 Å². The predicted molar refractivity (Wildman–Crippen MR) is 62.6 cm³/mol. The summed E-state index contributed by atoms with van der Waals surface area (Å²) in [6, 6.07) is 9.07. The molecule has 0 aliphatic carbocycles. The minimum Gasteiger partial charge on any atom is -0.422 e. The van der Waals surface area contributed by atoms with Crippen molar-refractivity contribution in [1.29, 1.82) is 5.26 Å². The lowest BCUT2D eigenvalue weighted by atomic mass is 10.1. The Morgan fingerprint density at radius 2 is 2.12 bits per heavy atom. The van der Waals surface area contributed by atoms with E-state index < -0.39 is 5.63 Å². The van der Waals surface area contributed by atoms with Gasteiger partial charge < -0.3 is 4.42 Å². The van der Waals surface area contributed by atoms with Crippen molar-refractivity contribution in [2.75, 3.05) is 0 Å². The average molecular weight is 227 g/mol. The van der Waals surface area contributed by atoms with Crippen molar-refractivity contribution in [3.05, 3.63) is 45.6 Å². The highest BCUT2D eigenvalue weighted by Crippen LogP contribution is 2.28. The van der Waals surface area contributed by atoms with E-state index in [0.29, 0.717) is 5.58 Å². The van der Waals surface area contributed by atoms with Crippen molar-refractivity contribution in [1.82, 2.24) is 0 Å². The van der Waals surface area contributed by atoms with E-state index >= 15 is 0 Å². The summed E-state index contributed by atoms with van der Waals surface area (Å²) in [7, 11) is 0. The van der Waals surface area contributed by atoms with Gasteiger partial charge in [-0.1, -0.05) is 0 Å². The molecule has 0 spiro atoms. The van der Waals surface area contributed by atoms with E-state index in [-0.39, 0.29) is 5.56 Å². The Bertz CT molecular complexity index is 792. The van der Waals surface area contributed by atoms with E-state index in [1.165, 1.54) is 0 Å². The molecule has 2 aromatic heterocycles. The van der Waals surface area contributed by atoms with Gasteiger partial charge in [-0.25, -0.2) is 4.79 Å². The van der Waals surface area contributed by atoms with Crippen LogP contribution in [0.25, 0.3) is 21.1 Å². The maximum atomic E-state index is 11.4. The highest BCUT2D eigenvalue weighted by Gasteiger charge is 2.07. The minimum absolute atomic E-state index is 0.0474. The van der Waals surface area contributed by atoms with Crippen molar-refractivity contribution >= 4 is 32.4 Å². The highest BCUT2D eigenvalue weighted by molar-refractivity contribution is 7.17. The zero-order valence-corrected chi connectivity index (χ0v) is 8.88. The van der Waals surface area contributed by atoms with Crippen LogP contribution < -0.4 is 5.63 Å². The molecule has 16 heavy (non-hydrogen) atoms. The van der Waals surface area contributed by atoms with E-state index in [1.807, 2.05) is 23.6 Å². The molecule has 4 heteroatoms. The van der Waals surface area contributed by atoms with Gasteiger partial charge in [-0.2, -0.15) is 5.26 Å². The summed E-state index contributed by atoms with van der Waals surface area (Å²) < 4.78 is 6.20. The third-order valence-electron chi connectivity index (χ3n) is 2.47. The van der Waals surface area contributed by atoms with Crippen LogP contribution in [0.4, 0.5) is 0 Å². The van der Waals surface area contributed by atoms with Crippen LogP contribution in [-0.4, -0.2) is 0 Å². The van der Waals surface area contributed by atoms with Crippen molar-refractivity contribution in [3.8, 4) is 6.07 Å². The van der Waals surface area contributed by atoms with Crippen LogP contribution in [0, 0.1) is 11.3 Å². The van der Waals surface area contributed by atoms with Crippen LogP contribution in [0.5, 0.6) is 0 Å². The fourth-order valence-electron chi connectivity index (χ4n) is 1.72. The normalized spacial score (nSPS) is 10.7. The van der Waals surface area contributed by atoms with Crippen molar-refractivity contribution in [3.63, 3.8) is 0 Å². The first-order valence-electron chi connectivity index (χ1n) is 4.64. The molecule has 1 aromatic carbocycles. The van der Waals surface area contributed by atoms with Crippen molar-refractivity contribution in [2.24, 2.45) is 0 Å². The van der Waals surface area contributed by atoms with Gasteiger partial charge in [0.25, 0.3) is 0 Å². The zero-order valence-electron chi connectivity index (χ0n) is 8.06. The molecule has 0 bridgehead atoms. The van der Waals surface area contributed by atoms with Crippen molar-refractivity contribution in [2.45, 2.75) is 0 Å². The largest absolute Gasteiger partial charge is 0.422 e. The molecule has 2 heterocycles. The predicted octanol–water partition coefficient (Wildman–Crippen LogP) is 2.88. The fraction of sp³-hybridized carbons (Fsp3) is 0. The first-order valence-corrected chi connectivity index (χ1v) is 5.52. The smallest absolute Gasteiger partial charge is 0.354 e. The Morgan fingerprint density at radius 1 is 1.25 bits per heavy atom. The Kier molecular flexibility index (Phi) is 1.82. The molecule has 0 unspecified atom stereocenters. The van der Waals surface area contributed by atoms with Crippen LogP contribution in [0.3, 0.4) is 0 Å². The summed E-state index contributed by atoms with van der Waals surface area (Å²) in [5.41, 5.74) is -0.00863. The van der Waals surface area contributed by atoms with Crippen molar-refractivity contribution < 1.29 is 4.42 Å². The van der Waals surface area contributed by atoms with Crippen LogP contribution in [0.1, 0.15) is 5.56 Å². The lowest BCUT2D eigenvalue weighted by Crippen LogP contribution is -2.02. The number of benzene rings is 1. The second-order valence-corrected chi connectivity index (χ2v) is 4.32. The number of nitrogens with zero attached hydrogens (tertiary/aromatic N) is 1. The monoisotopic (exact) mass is 227 g/mol. The van der Waals surface area contributed by atoms with Gasteiger partial charge in [0.2, 0.25) is 0 Å². The van der Waals surface area contributed by atoms with E-state index in [1.54, 1.807) is 23.5 Å². The third-order valence-corrected chi connectivity index (χ3v) is 3.35.